The number of aromatic nitrogens is 5. The van der Waals surface area contributed by atoms with E-state index in [1.807, 2.05) is 0 Å². The van der Waals surface area contributed by atoms with Crippen LogP contribution in [-0.4, -0.2) is 36.2 Å². The molecule has 9 nitrogen and oxygen atoms in total. The predicted molar refractivity (Wildman–Crippen MR) is 110 cm³/mol. The molecular weight excluding hydrogens is 403 g/mol. The van der Waals surface area contributed by atoms with E-state index in [2.05, 4.69) is 20.6 Å². The van der Waals surface area contributed by atoms with Crippen molar-refractivity contribution in [3.05, 3.63) is 82.2 Å². The Balaban J connectivity index is 1.53. The second-order valence-electron chi connectivity index (χ2n) is 6.91. The molecule has 1 amide bonds. The first kappa shape index (κ1) is 20.1. The summed E-state index contributed by atoms with van der Waals surface area (Å²) in [5.74, 6) is -0.962. The zero-order valence-electron chi connectivity index (χ0n) is 16.4. The highest BCUT2D eigenvalue weighted by Crippen LogP contribution is 2.12. The number of carbonyl (C=O) groups is 2. The van der Waals surface area contributed by atoms with Crippen LogP contribution in [0, 0.1) is 5.82 Å². The van der Waals surface area contributed by atoms with Gasteiger partial charge in [0.25, 0.3) is 5.56 Å². The zero-order valence-corrected chi connectivity index (χ0v) is 16.4. The summed E-state index contributed by atoms with van der Waals surface area (Å²) in [6.07, 6.45) is 1.24. The van der Waals surface area contributed by atoms with Crippen LogP contribution in [0.3, 0.4) is 0 Å². The van der Waals surface area contributed by atoms with Crippen molar-refractivity contribution in [2.45, 2.75) is 20.0 Å². The van der Waals surface area contributed by atoms with Gasteiger partial charge in [0.05, 0.1) is 6.54 Å². The van der Waals surface area contributed by atoms with Crippen LogP contribution in [0.5, 0.6) is 0 Å². The normalized spacial score (nSPS) is 10.9. The van der Waals surface area contributed by atoms with Gasteiger partial charge in [-0.05, 0) is 36.8 Å². The van der Waals surface area contributed by atoms with E-state index in [1.165, 1.54) is 30.1 Å². The van der Waals surface area contributed by atoms with Crippen molar-refractivity contribution in [1.29, 1.82) is 0 Å². The van der Waals surface area contributed by atoms with Crippen LogP contribution in [0.1, 0.15) is 22.8 Å². The molecule has 4 aromatic rings. The Hall–Kier alpha value is -4.21. The van der Waals surface area contributed by atoms with Gasteiger partial charge in [0.15, 0.2) is 16.9 Å². The van der Waals surface area contributed by atoms with E-state index in [0.717, 1.165) is 4.57 Å². The largest absolute Gasteiger partial charge is 0.325 e. The first-order valence-corrected chi connectivity index (χ1v) is 9.34. The minimum Gasteiger partial charge on any atom is -0.325 e. The third kappa shape index (κ3) is 4.37. The minimum absolute atomic E-state index is 0.00489. The molecule has 0 aliphatic carbocycles. The number of halogens is 1. The van der Waals surface area contributed by atoms with E-state index < -0.39 is 11.5 Å². The van der Waals surface area contributed by atoms with Crippen molar-refractivity contribution < 1.29 is 14.0 Å². The molecule has 0 atom stereocenters. The fourth-order valence-electron chi connectivity index (χ4n) is 3.09. The Morgan fingerprint density at radius 2 is 1.94 bits per heavy atom. The van der Waals surface area contributed by atoms with Gasteiger partial charge in [-0.15, -0.1) is 5.10 Å². The summed E-state index contributed by atoms with van der Waals surface area (Å²) in [5, 5.41) is 10.5. The number of anilines is 1. The summed E-state index contributed by atoms with van der Waals surface area (Å²) in [6.45, 7) is 1.34. The van der Waals surface area contributed by atoms with E-state index in [4.69, 9.17) is 0 Å². The molecule has 0 unspecified atom stereocenters. The molecule has 0 radical (unpaired) electrons. The lowest BCUT2D eigenvalue weighted by molar-refractivity contribution is -0.116. The molecule has 0 aliphatic heterocycles. The van der Waals surface area contributed by atoms with E-state index in [9.17, 15) is 18.8 Å². The van der Waals surface area contributed by atoms with Crippen LogP contribution < -0.4 is 10.9 Å². The molecule has 1 N–H and O–H groups in total. The Labute approximate surface area is 175 Å². The second-order valence-corrected chi connectivity index (χ2v) is 6.91. The lowest BCUT2D eigenvalue weighted by Crippen LogP contribution is -2.28. The number of ketones is 1. The van der Waals surface area contributed by atoms with Crippen molar-refractivity contribution in [2.75, 3.05) is 5.32 Å². The molecule has 10 heteroatoms. The monoisotopic (exact) mass is 420 g/mol. The summed E-state index contributed by atoms with van der Waals surface area (Å²) < 4.78 is 15.9. The minimum atomic E-state index is -0.525. The Bertz CT molecular complexity index is 1360. The van der Waals surface area contributed by atoms with Gasteiger partial charge in [0, 0.05) is 11.3 Å². The lowest BCUT2D eigenvalue weighted by atomic mass is 10.1. The lowest BCUT2D eigenvalue weighted by Gasteiger charge is -2.08. The average Bonchev–Trinajstić information content (AvgIpc) is 3.13. The van der Waals surface area contributed by atoms with Crippen molar-refractivity contribution in [2.24, 2.45) is 0 Å². The van der Waals surface area contributed by atoms with Crippen LogP contribution in [-0.2, 0) is 17.9 Å². The first-order valence-electron chi connectivity index (χ1n) is 9.34. The fraction of sp³-hybridized carbons (Fsp3) is 0.143. The van der Waals surface area contributed by atoms with Gasteiger partial charge < -0.3 is 5.32 Å². The Morgan fingerprint density at radius 3 is 2.71 bits per heavy atom. The number of hydrogen-bond acceptors (Lipinski definition) is 6. The number of hydrogen-bond donors (Lipinski definition) is 1. The smallest absolute Gasteiger partial charge is 0.283 e. The molecule has 2 aromatic heterocycles. The highest BCUT2D eigenvalue weighted by molar-refractivity contribution is 5.97. The van der Waals surface area contributed by atoms with Crippen LogP contribution >= 0.6 is 0 Å². The number of nitrogens with zero attached hydrogens (tertiary/aromatic N) is 5. The third-order valence-corrected chi connectivity index (χ3v) is 4.58. The standard InChI is InChI=1S/C21H17FN6O3/c1-13(29)15-5-3-7-17(9-15)24-18(30)11-27-12-23-20-19(21(27)31)25-26-28(20)10-14-4-2-6-16(22)8-14/h2-9,12H,10-11H2,1H3,(H,24,30). The van der Waals surface area contributed by atoms with Gasteiger partial charge in [0.1, 0.15) is 18.7 Å². The number of amides is 1. The molecule has 2 heterocycles. The number of benzene rings is 2. The molecule has 0 spiro atoms. The van der Waals surface area contributed by atoms with Crippen LogP contribution in [0.15, 0.2) is 59.7 Å². The summed E-state index contributed by atoms with van der Waals surface area (Å²) in [7, 11) is 0. The SMILES string of the molecule is CC(=O)c1cccc(NC(=O)Cn2cnc3c(nnn3Cc3cccc(F)c3)c2=O)c1. The average molecular weight is 420 g/mol. The van der Waals surface area contributed by atoms with Crippen molar-refractivity contribution in [3.63, 3.8) is 0 Å². The van der Waals surface area contributed by atoms with Crippen LogP contribution in [0.25, 0.3) is 11.2 Å². The molecule has 156 valence electrons. The van der Waals surface area contributed by atoms with Gasteiger partial charge in [0.2, 0.25) is 5.91 Å². The van der Waals surface area contributed by atoms with Gasteiger partial charge >= 0.3 is 0 Å². The Morgan fingerprint density at radius 1 is 1.13 bits per heavy atom. The Kier molecular flexibility index (Phi) is 5.35. The molecule has 4 rings (SSSR count). The van der Waals surface area contributed by atoms with Crippen molar-refractivity contribution in [3.8, 4) is 0 Å². The van der Waals surface area contributed by atoms with E-state index >= 15 is 0 Å². The maximum Gasteiger partial charge on any atom is 0.283 e. The van der Waals surface area contributed by atoms with Gasteiger partial charge in [-0.1, -0.05) is 29.5 Å². The maximum atomic E-state index is 13.4. The van der Waals surface area contributed by atoms with Gasteiger partial charge in [-0.2, -0.15) is 0 Å². The van der Waals surface area contributed by atoms with E-state index in [1.54, 1.807) is 36.4 Å². The van der Waals surface area contributed by atoms with E-state index in [-0.39, 0.29) is 35.9 Å². The molecule has 2 aromatic carbocycles. The molecule has 0 fully saturated rings. The maximum absolute atomic E-state index is 13.4. The zero-order chi connectivity index (χ0) is 22.0. The number of fused-ring (bicyclic) bond motifs is 1. The number of nitrogens with one attached hydrogen (secondary N) is 1. The molecule has 0 bridgehead atoms. The third-order valence-electron chi connectivity index (χ3n) is 4.58. The summed E-state index contributed by atoms with van der Waals surface area (Å²) >= 11 is 0. The number of Topliss-reactive ketones (excluding diaryl/α,β-unsaturated/α-hetero) is 1. The molecular formula is C21H17FN6O3. The highest BCUT2D eigenvalue weighted by atomic mass is 19.1. The molecule has 31 heavy (non-hydrogen) atoms. The molecule has 0 saturated carbocycles. The second kappa shape index (κ2) is 8.27. The van der Waals surface area contributed by atoms with Crippen LogP contribution in [0.2, 0.25) is 0 Å². The summed E-state index contributed by atoms with van der Waals surface area (Å²) in [4.78, 5) is 40.7. The number of carbonyl (C=O) groups excluding carboxylic acids is 2. The quantitative estimate of drug-likeness (QED) is 0.478. The first-order chi connectivity index (χ1) is 14.9. The fourth-order valence-corrected chi connectivity index (χ4v) is 3.09. The van der Waals surface area contributed by atoms with Gasteiger partial charge in [-0.3, -0.25) is 19.0 Å². The molecule has 0 aliphatic rings. The van der Waals surface area contributed by atoms with Crippen molar-refractivity contribution in [1.82, 2.24) is 24.5 Å². The van der Waals surface area contributed by atoms with Gasteiger partial charge in [-0.25, -0.2) is 14.1 Å². The van der Waals surface area contributed by atoms with E-state index in [0.29, 0.717) is 16.8 Å². The summed E-state index contributed by atoms with van der Waals surface area (Å²) in [5.41, 5.74) is 1.27. The number of rotatable bonds is 6. The topological polar surface area (TPSA) is 112 Å². The molecule has 0 saturated heterocycles. The predicted octanol–water partition coefficient (Wildman–Crippen LogP) is 2.02. The van der Waals surface area contributed by atoms with Crippen molar-refractivity contribution >= 4 is 28.5 Å². The summed E-state index contributed by atoms with van der Waals surface area (Å²) in [6, 6.07) is 12.5. The highest BCUT2D eigenvalue weighted by Gasteiger charge is 2.14. The van der Waals surface area contributed by atoms with Crippen LogP contribution in [0.4, 0.5) is 10.1 Å².